The number of carbonyl (C=O) groups excluding carboxylic acids is 1. The number of ether oxygens (including phenoxy) is 1. The van der Waals surface area contributed by atoms with Crippen molar-refractivity contribution in [2.75, 3.05) is 13.6 Å². The number of aliphatic imine (C=N–C) groups is 1. The molecule has 0 aliphatic carbocycles. The third-order valence-electron chi connectivity index (χ3n) is 3.84. The number of alkyl carbamates (subject to hydrolysis) is 1. The molecule has 0 fully saturated rings. The summed E-state index contributed by atoms with van der Waals surface area (Å²) in [5, 5.41) is 9.37. The zero-order chi connectivity index (χ0) is 20.4. The maximum absolute atomic E-state index is 11.9. The number of amides is 1. The molecule has 0 radical (unpaired) electrons. The van der Waals surface area contributed by atoms with Crippen molar-refractivity contribution in [3.05, 3.63) is 17.3 Å². The summed E-state index contributed by atoms with van der Waals surface area (Å²) in [7, 11) is 1.71. The van der Waals surface area contributed by atoms with Crippen LogP contribution >= 0.6 is 0 Å². The Balaban J connectivity index is 2.57. The van der Waals surface area contributed by atoms with Crippen molar-refractivity contribution >= 4 is 12.1 Å². The third kappa shape index (κ3) is 9.30. The molecule has 0 aromatic carbocycles. The van der Waals surface area contributed by atoms with Crippen LogP contribution in [0.5, 0.6) is 0 Å². The second-order valence-corrected chi connectivity index (χ2v) is 7.54. The van der Waals surface area contributed by atoms with Crippen molar-refractivity contribution in [3.8, 4) is 0 Å². The summed E-state index contributed by atoms with van der Waals surface area (Å²) in [5.41, 5.74) is 0.373. The van der Waals surface area contributed by atoms with E-state index in [1.54, 1.807) is 7.05 Å². The summed E-state index contributed by atoms with van der Waals surface area (Å²) < 4.78 is 10.9. The Morgan fingerprint density at radius 3 is 2.52 bits per heavy atom. The SMILES string of the molecule is CCCCC(CNC(=O)OC(C)(C)C)NC(=NC)NCc1nc(C)c(C)o1. The van der Waals surface area contributed by atoms with Gasteiger partial charge in [0.25, 0.3) is 0 Å². The topological polar surface area (TPSA) is 101 Å². The fourth-order valence-corrected chi connectivity index (χ4v) is 2.36. The van der Waals surface area contributed by atoms with Crippen LogP contribution in [0.15, 0.2) is 9.41 Å². The molecular formula is C19H35N5O3. The number of nitrogens with one attached hydrogen (secondary N) is 3. The Morgan fingerprint density at radius 2 is 2.00 bits per heavy atom. The Hall–Kier alpha value is -2.25. The Bertz CT molecular complexity index is 600. The van der Waals surface area contributed by atoms with E-state index in [-0.39, 0.29) is 6.04 Å². The van der Waals surface area contributed by atoms with Gasteiger partial charge in [0.05, 0.1) is 12.2 Å². The first-order valence-electron chi connectivity index (χ1n) is 9.51. The minimum atomic E-state index is -0.514. The lowest BCUT2D eigenvalue weighted by atomic mass is 10.1. The number of hydrogen-bond donors (Lipinski definition) is 3. The van der Waals surface area contributed by atoms with Crippen molar-refractivity contribution in [2.24, 2.45) is 4.99 Å². The summed E-state index contributed by atoms with van der Waals surface area (Å²) in [6.07, 6.45) is 2.61. The molecule has 1 heterocycles. The molecule has 0 aliphatic rings. The van der Waals surface area contributed by atoms with Gasteiger partial charge in [-0.1, -0.05) is 19.8 Å². The van der Waals surface area contributed by atoms with Crippen LogP contribution in [0.3, 0.4) is 0 Å². The predicted molar refractivity (Wildman–Crippen MR) is 107 cm³/mol. The highest BCUT2D eigenvalue weighted by Crippen LogP contribution is 2.08. The number of carbonyl (C=O) groups is 1. The average molecular weight is 382 g/mol. The van der Waals surface area contributed by atoms with Gasteiger partial charge in [0, 0.05) is 19.6 Å². The number of aryl methyl sites for hydroxylation is 2. The molecule has 0 spiro atoms. The first-order valence-corrected chi connectivity index (χ1v) is 9.51. The highest BCUT2D eigenvalue weighted by molar-refractivity contribution is 5.80. The van der Waals surface area contributed by atoms with Crippen LogP contribution in [0.1, 0.15) is 64.3 Å². The standard InChI is InChI=1S/C19H35N5O3/c1-8-9-10-15(11-22-18(25)27-19(4,5)6)24-17(20-7)21-12-16-23-13(2)14(3)26-16/h15H,8-12H2,1-7H3,(H,22,25)(H2,20,21,24). The van der Waals surface area contributed by atoms with Gasteiger partial charge in [0.1, 0.15) is 11.4 Å². The van der Waals surface area contributed by atoms with E-state index in [9.17, 15) is 4.79 Å². The first-order chi connectivity index (χ1) is 12.6. The second-order valence-electron chi connectivity index (χ2n) is 7.54. The molecule has 3 N–H and O–H groups in total. The van der Waals surface area contributed by atoms with E-state index in [1.807, 2.05) is 34.6 Å². The van der Waals surface area contributed by atoms with E-state index in [4.69, 9.17) is 9.15 Å². The van der Waals surface area contributed by atoms with Gasteiger partial charge in [-0.15, -0.1) is 0 Å². The third-order valence-corrected chi connectivity index (χ3v) is 3.84. The molecule has 1 rings (SSSR count). The van der Waals surface area contributed by atoms with Crippen LogP contribution in [-0.4, -0.2) is 42.3 Å². The number of unbranched alkanes of at least 4 members (excludes halogenated alkanes) is 1. The predicted octanol–water partition coefficient (Wildman–Crippen LogP) is 3.04. The van der Waals surface area contributed by atoms with E-state index >= 15 is 0 Å². The molecule has 0 saturated heterocycles. The van der Waals surface area contributed by atoms with E-state index in [0.29, 0.717) is 24.9 Å². The Labute approximate surface area is 162 Å². The van der Waals surface area contributed by atoms with Gasteiger partial charge >= 0.3 is 6.09 Å². The Kier molecular flexibility index (Phi) is 9.11. The highest BCUT2D eigenvalue weighted by Gasteiger charge is 2.18. The van der Waals surface area contributed by atoms with Crippen molar-refractivity contribution in [1.82, 2.24) is 20.9 Å². The van der Waals surface area contributed by atoms with Crippen molar-refractivity contribution in [1.29, 1.82) is 0 Å². The van der Waals surface area contributed by atoms with Gasteiger partial charge in [-0.25, -0.2) is 9.78 Å². The number of hydrogen-bond acceptors (Lipinski definition) is 5. The first kappa shape index (κ1) is 22.8. The lowest BCUT2D eigenvalue weighted by Gasteiger charge is -2.24. The molecule has 8 nitrogen and oxygen atoms in total. The Morgan fingerprint density at radius 1 is 1.30 bits per heavy atom. The normalized spacial score (nSPS) is 13.2. The molecule has 0 aliphatic heterocycles. The number of aromatic nitrogens is 1. The summed E-state index contributed by atoms with van der Waals surface area (Å²) in [4.78, 5) is 20.5. The quantitative estimate of drug-likeness (QED) is 0.473. The summed E-state index contributed by atoms with van der Waals surface area (Å²) >= 11 is 0. The maximum atomic E-state index is 11.9. The average Bonchev–Trinajstić information content (AvgIpc) is 2.89. The monoisotopic (exact) mass is 381 g/mol. The number of rotatable bonds is 8. The van der Waals surface area contributed by atoms with E-state index in [1.165, 1.54) is 0 Å². The van der Waals surface area contributed by atoms with E-state index in [0.717, 1.165) is 30.7 Å². The molecular weight excluding hydrogens is 346 g/mol. The summed E-state index contributed by atoms with van der Waals surface area (Å²) in [6, 6.07) is 0.0386. The lowest BCUT2D eigenvalue weighted by molar-refractivity contribution is 0.0523. The van der Waals surface area contributed by atoms with E-state index in [2.05, 4.69) is 32.9 Å². The van der Waals surface area contributed by atoms with Crippen LogP contribution in [0, 0.1) is 13.8 Å². The number of oxazole rings is 1. The largest absolute Gasteiger partial charge is 0.444 e. The highest BCUT2D eigenvalue weighted by atomic mass is 16.6. The number of guanidine groups is 1. The molecule has 27 heavy (non-hydrogen) atoms. The zero-order valence-electron chi connectivity index (χ0n) is 17.7. The molecule has 1 unspecified atom stereocenters. The zero-order valence-corrected chi connectivity index (χ0v) is 17.7. The summed E-state index contributed by atoms with van der Waals surface area (Å²) in [6.45, 7) is 12.4. The second kappa shape index (κ2) is 10.8. The van der Waals surface area contributed by atoms with Gasteiger partial charge in [-0.2, -0.15) is 0 Å². The molecule has 0 saturated carbocycles. The van der Waals surface area contributed by atoms with Crippen LogP contribution < -0.4 is 16.0 Å². The molecule has 154 valence electrons. The molecule has 0 bridgehead atoms. The van der Waals surface area contributed by atoms with Crippen LogP contribution in [0.25, 0.3) is 0 Å². The fraction of sp³-hybridized carbons (Fsp3) is 0.737. The molecule has 1 aromatic heterocycles. The van der Waals surface area contributed by atoms with Crippen molar-refractivity contribution in [3.63, 3.8) is 0 Å². The molecule has 1 aromatic rings. The summed E-state index contributed by atoms with van der Waals surface area (Å²) in [5.74, 6) is 2.07. The fourth-order valence-electron chi connectivity index (χ4n) is 2.36. The minimum absolute atomic E-state index is 0.0386. The van der Waals surface area contributed by atoms with Crippen LogP contribution in [0.2, 0.25) is 0 Å². The van der Waals surface area contributed by atoms with Crippen molar-refractivity contribution < 1.29 is 13.9 Å². The van der Waals surface area contributed by atoms with Gasteiger partial charge in [0.2, 0.25) is 5.89 Å². The lowest BCUT2D eigenvalue weighted by Crippen LogP contribution is -2.48. The van der Waals surface area contributed by atoms with E-state index < -0.39 is 11.7 Å². The molecule has 1 amide bonds. The smallest absolute Gasteiger partial charge is 0.407 e. The number of nitrogens with zero attached hydrogens (tertiary/aromatic N) is 2. The van der Waals surface area contributed by atoms with Gasteiger partial charge in [-0.3, -0.25) is 4.99 Å². The maximum Gasteiger partial charge on any atom is 0.407 e. The minimum Gasteiger partial charge on any atom is -0.444 e. The van der Waals surface area contributed by atoms with Gasteiger partial charge in [0.15, 0.2) is 5.96 Å². The van der Waals surface area contributed by atoms with Gasteiger partial charge in [-0.05, 0) is 41.0 Å². The van der Waals surface area contributed by atoms with Crippen LogP contribution in [-0.2, 0) is 11.3 Å². The molecule has 1 atom stereocenters. The van der Waals surface area contributed by atoms with Crippen LogP contribution in [0.4, 0.5) is 4.79 Å². The molecule has 8 heteroatoms. The van der Waals surface area contributed by atoms with Crippen molar-refractivity contribution in [2.45, 2.75) is 79.0 Å². The van der Waals surface area contributed by atoms with Gasteiger partial charge < -0.3 is 25.1 Å².